The summed E-state index contributed by atoms with van der Waals surface area (Å²) in [6, 6.07) is 9.11. The smallest absolute Gasteiger partial charge is 0.320 e. The van der Waals surface area contributed by atoms with Gasteiger partial charge in [0.1, 0.15) is 5.02 Å². The van der Waals surface area contributed by atoms with Crippen LogP contribution in [0.2, 0.25) is 10.0 Å². The molecular formula is C19H11Cl2F3N4OS. The molecule has 0 atom stereocenters. The lowest BCUT2D eigenvalue weighted by atomic mass is 10.2. The normalized spacial score (nSPS) is 11.8. The molecule has 3 aromatic heterocycles. The van der Waals surface area contributed by atoms with Gasteiger partial charge in [-0.2, -0.15) is 18.3 Å². The van der Waals surface area contributed by atoms with Gasteiger partial charge in [0.15, 0.2) is 17.0 Å². The number of fused-ring (bicyclic) bond motifs is 1. The number of rotatable bonds is 3. The maximum absolute atomic E-state index is 13.7. The van der Waals surface area contributed by atoms with Crippen molar-refractivity contribution in [2.24, 2.45) is 0 Å². The Morgan fingerprint density at radius 1 is 1.20 bits per heavy atom. The molecule has 154 valence electrons. The third-order valence-corrected chi connectivity index (χ3v) is 5.98. The van der Waals surface area contributed by atoms with Crippen molar-refractivity contribution in [3.63, 3.8) is 0 Å². The average Bonchev–Trinajstić information content (AvgIpc) is 3.32. The second kappa shape index (κ2) is 7.57. The van der Waals surface area contributed by atoms with Crippen molar-refractivity contribution in [3.05, 3.63) is 68.8 Å². The third-order valence-electron chi connectivity index (χ3n) is 4.33. The van der Waals surface area contributed by atoms with E-state index in [1.807, 2.05) is 0 Å². The van der Waals surface area contributed by atoms with E-state index in [4.69, 9.17) is 23.2 Å². The number of hydrogen-bond acceptors (Lipinski definition) is 4. The van der Waals surface area contributed by atoms with E-state index in [1.165, 1.54) is 11.3 Å². The SMILES string of the molecule is Cc1c(Cl)cccc1NC(=O)c1nn2c(C(F)(F)F)cc(-c3cccs3)nc2c1Cl. The summed E-state index contributed by atoms with van der Waals surface area (Å²) < 4.78 is 41.6. The van der Waals surface area contributed by atoms with E-state index in [2.05, 4.69) is 15.4 Å². The van der Waals surface area contributed by atoms with Crippen LogP contribution < -0.4 is 5.32 Å². The van der Waals surface area contributed by atoms with Crippen molar-refractivity contribution in [2.75, 3.05) is 5.32 Å². The van der Waals surface area contributed by atoms with Gasteiger partial charge in [0.05, 0.1) is 10.6 Å². The predicted molar refractivity (Wildman–Crippen MR) is 110 cm³/mol. The topological polar surface area (TPSA) is 59.3 Å². The van der Waals surface area contributed by atoms with Crippen LogP contribution in [0.3, 0.4) is 0 Å². The zero-order valence-corrected chi connectivity index (χ0v) is 17.4. The average molecular weight is 471 g/mol. The van der Waals surface area contributed by atoms with Crippen LogP contribution in [0.15, 0.2) is 41.8 Å². The fourth-order valence-electron chi connectivity index (χ4n) is 2.81. The first-order valence-corrected chi connectivity index (χ1v) is 10.1. The number of alkyl halides is 3. The minimum Gasteiger partial charge on any atom is -0.320 e. The van der Waals surface area contributed by atoms with Crippen molar-refractivity contribution in [3.8, 4) is 10.6 Å². The molecule has 3 heterocycles. The van der Waals surface area contributed by atoms with Gasteiger partial charge in [-0.25, -0.2) is 9.50 Å². The first-order chi connectivity index (χ1) is 14.2. The summed E-state index contributed by atoms with van der Waals surface area (Å²) in [7, 11) is 0. The van der Waals surface area contributed by atoms with E-state index in [0.29, 0.717) is 25.7 Å². The zero-order valence-electron chi connectivity index (χ0n) is 15.1. The van der Waals surface area contributed by atoms with Crippen LogP contribution in [-0.2, 0) is 6.18 Å². The first kappa shape index (κ1) is 20.6. The Kier molecular flexibility index (Phi) is 5.21. The summed E-state index contributed by atoms with van der Waals surface area (Å²) in [6.07, 6.45) is -4.74. The molecule has 5 nitrogen and oxygen atoms in total. The molecule has 4 aromatic rings. The van der Waals surface area contributed by atoms with E-state index in [0.717, 1.165) is 6.07 Å². The molecule has 0 aliphatic heterocycles. The van der Waals surface area contributed by atoms with Crippen molar-refractivity contribution in [1.82, 2.24) is 14.6 Å². The number of carbonyl (C=O) groups excluding carboxylic acids is 1. The second-order valence-electron chi connectivity index (χ2n) is 6.27. The largest absolute Gasteiger partial charge is 0.433 e. The standard InChI is InChI=1S/C19H11Cl2F3N4OS/c1-9-10(20)4-2-5-11(9)26-18(29)16-15(21)17-25-12(13-6-3-7-30-13)8-14(19(22,23)24)28(17)27-16/h2-8H,1H3,(H,26,29). The van der Waals surface area contributed by atoms with Gasteiger partial charge < -0.3 is 5.32 Å². The summed E-state index contributed by atoms with van der Waals surface area (Å²) in [4.78, 5) is 17.5. The Bertz CT molecular complexity index is 1270. The van der Waals surface area contributed by atoms with Crippen LogP contribution in [0.25, 0.3) is 16.2 Å². The number of nitrogens with zero attached hydrogens (tertiary/aromatic N) is 3. The van der Waals surface area contributed by atoms with Crippen LogP contribution >= 0.6 is 34.5 Å². The number of aromatic nitrogens is 3. The fourth-order valence-corrected chi connectivity index (χ4v) is 3.92. The molecule has 4 rings (SSSR count). The number of hydrogen-bond donors (Lipinski definition) is 1. The Balaban J connectivity index is 1.85. The van der Waals surface area contributed by atoms with E-state index >= 15 is 0 Å². The minimum atomic E-state index is -4.74. The fraction of sp³-hybridized carbons (Fsp3) is 0.105. The molecule has 1 N–H and O–H groups in total. The van der Waals surface area contributed by atoms with E-state index in [9.17, 15) is 18.0 Å². The molecule has 11 heteroatoms. The Labute approximate surface area is 182 Å². The molecule has 1 amide bonds. The predicted octanol–water partition coefficient (Wildman–Crippen LogP) is 6.34. The monoisotopic (exact) mass is 470 g/mol. The van der Waals surface area contributed by atoms with Gasteiger partial charge in [0, 0.05) is 10.7 Å². The van der Waals surface area contributed by atoms with Crippen LogP contribution in [0.1, 0.15) is 21.7 Å². The number of carbonyl (C=O) groups is 1. The molecule has 30 heavy (non-hydrogen) atoms. The van der Waals surface area contributed by atoms with Crippen LogP contribution in [0.5, 0.6) is 0 Å². The highest BCUT2D eigenvalue weighted by molar-refractivity contribution is 7.13. The molecular weight excluding hydrogens is 460 g/mol. The molecule has 0 bridgehead atoms. The summed E-state index contributed by atoms with van der Waals surface area (Å²) >= 11 is 13.5. The molecule has 0 aliphatic carbocycles. The number of thiophene rings is 1. The van der Waals surface area contributed by atoms with Gasteiger partial charge in [-0.05, 0) is 42.1 Å². The number of anilines is 1. The summed E-state index contributed by atoms with van der Waals surface area (Å²) in [5.74, 6) is -0.776. The molecule has 0 aliphatic rings. The Morgan fingerprint density at radius 2 is 1.97 bits per heavy atom. The maximum atomic E-state index is 13.7. The van der Waals surface area contributed by atoms with Gasteiger partial charge in [-0.15, -0.1) is 11.3 Å². The van der Waals surface area contributed by atoms with Crippen molar-refractivity contribution in [2.45, 2.75) is 13.1 Å². The minimum absolute atomic E-state index is 0.0873. The van der Waals surface area contributed by atoms with Crippen LogP contribution in [0.4, 0.5) is 18.9 Å². The van der Waals surface area contributed by atoms with Gasteiger partial charge in [0.25, 0.3) is 5.91 Å². The maximum Gasteiger partial charge on any atom is 0.433 e. The summed E-state index contributed by atoms with van der Waals surface area (Å²) in [5.41, 5.74) is -0.648. The molecule has 0 radical (unpaired) electrons. The molecule has 0 saturated carbocycles. The quantitative estimate of drug-likeness (QED) is 0.379. The lowest BCUT2D eigenvalue weighted by Gasteiger charge is -2.10. The summed E-state index contributed by atoms with van der Waals surface area (Å²) in [6.45, 7) is 1.69. The van der Waals surface area contributed by atoms with Gasteiger partial charge in [-0.1, -0.05) is 35.3 Å². The highest BCUT2D eigenvalue weighted by Crippen LogP contribution is 2.35. The number of nitrogens with one attached hydrogen (secondary N) is 1. The van der Waals surface area contributed by atoms with Gasteiger partial charge in [-0.3, -0.25) is 4.79 Å². The highest BCUT2D eigenvalue weighted by Gasteiger charge is 2.37. The highest BCUT2D eigenvalue weighted by atomic mass is 35.5. The number of amides is 1. The second-order valence-corrected chi connectivity index (χ2v) is 8.00. The first-order valence-electron chi connectivity index (χ1n) is 8.43. The van der Waals surface area contributed by atoms with Gasteiger partial charge >= 0.3 is 6.18 Å². The Hall–Kier alpha value is -2.62. The lowest BCUT2D eigenvalue weighted by molar-refractivity contribution is -0.142. The Morgan fingerprint density at radius 3 is 2.63 bits per heavy atom. The van der Waals surface area contributed by atoms with Crippen LogP contribution in [0, 0.1) is 6.92 Å². The number of benzene rings is 1. The molecule has 0 spiro atoms. The van der Waals surface area contributed by atoms with E-state index in [-0.39, 0.29) is 22.1 Å². The van der Waals surface area contributed by atoms with Crippen LogP contribution in [-0.4, -0.2) is 20.5 Å². The van der Waals surface area contributed by atoms with Crippen molar-refractivity contribution >= 4 is 51.8 Å². The number of halogens is 5. The molecule has 1 aromatic carbocycles. The van der Waals surface area contributed by atoms with Crippen molar-refractivity contribution < 1.29 is 18.0 Å². The van der Waals surface area contributed by atoms with Gasteiger partial charge in [0.2, 0.25) is 0 Å². The third kappa shape index (κ3) is 3.64. The molecule has 0 unspecified atom stereocenters. The van der Waals surface area contributed by atoms with Crippen molar-refractivity contribution in [1.29, 1.82) is 0 Å². The summed E-state index contributed by atoms with van der Waals surface area (Å²) in [5, 5.41) is 8.25. The molecule has 0 fully saturated rings. The van der Waals surface area contributed by atoms with E-state index in [1.54, 1.807) is 42.6 Å². The zero-order chi connectivity index (χ0) is 21.6. The molecule has 0 saturated heterocycles. The van der Waals surface area contributed by atoms with E-state index < -0.39 is 17.8 Å². The lowest BCUT2D eigenvalue weighted by Crippen LogP contribution is -2.16.